The third-order valence-corrected chi connectivity index (χ3v) is 3.13. The topological polar surface area (TPSA) is 41.9 Å². The van der Waals surface area contributed by atoms with E-state index >= 15 is 0 Å². The summed E-state index contributed by atoms with van der Waals surface area (Å²) in [5.74, 6) is 0. The minimum absolute atomic E-state index is 0.0462. The van der Waals surface area contributed by atoms with E-state index < -0.39 is 0 Å². The van der Waals surface area contributed by atoms with Gasteiger partial charge in [-0.15, -0.1) is 0 Å². The molecule has 0 fully saturated rings. The maximum absolute atomic E-state index is 3.94. The summed E-state index contributed by atoms with van der Waals surface area (Å²) in [4.78, 5) is 2.01. The van der Waals surface area contributed by atoms with E-state index in [9.17, 15) is 0 Å². The van der Waals surface area contributed by atoms with E-state index in [4.69, 9.17) is 0 Å². The monoisotopic (exact) mass is 240 g/mol. The van der Waals surface area contributed by atoms with Crippen molar-refractivity contribution in [3.63, 3.8) is 0 Å². The van der Waals surface area contributed by atoms with Crippen LogP contribution in [-0.2, 0) is 0 Å². The molecular formula is C8H8N4Se. The second-order valence-electron chi connectivity index (χ2n) is 2.54. The number of hydrogen-bond acceptors (Lipinski definition) is 4. The van der Waals surface area contributed by atoms with Crippen LogP contribution in [0.3, 0.4) is 0 Å². The van der Waals surface area contributed by atoms with E-state index in [0.29, 0.717) is 0 Å². The summed E-state index contributed by atoms with van der Waals surface area (Å²) in [6, 6.07) is 10.1. The van der Waals surface area contributed by atoms with Gasteiger partial charge in [0.15, 0.2) is 0 Å². The summed E-state index contributed by atoms with van der Waals surface area (Å²) in [5, 5.41) is 7.55. The Kier molecular flexibility index (Phi) is 2.38. The molecule has 0 unspecified atom stereocenters. The number of benzene rings is 1. The molecule has 66 valence electrons. The number of para-hydroxylation sites is 1. The Hall–Kier alpha value is -1.19. The molecule has 0 N–H and O–H groups in total. The van der Waals surface area contributed by atoms with Crippen LogP contribution in [0.15, 0.2) is 30.3 Å². The summed E-state index contributed by atoms with van der Waals surface area (Å²) in [7, 11) is 1.98. The van der Waals surface area contributed by atoms with Gasteiger partial charge in [-0.3, -0.25) is 0 Å². The first-order chi connectivity index (χ1) is 6.38. The van der Waals surface area contributed by atoms with Gasteiger partial charge in [0.1, 0.15) is 0 Å². The van der Waals surface area contributed by atoms with Crippen LogP contribution in [0.4, 0.5) is 10.4 Å². The summed E-state index contributed by atoms with van der Waals surface area (Å²) in [6.07, 6.45) is 0. The molecule has 0 spiro atoms. The van der Waals surface area contributed by atoms with E-state index in [1.165, 1.54) is 0 Å². The van der Waals surface area contributed by atoms with Crippen LogP contribution < -0.4 is 4.90 Å². The zero-order valence-electron chi connectivity index (χ0n) is 7.08. The fraction of sp³-hybridized carbons (Fsp3) is 0.125. The first-order valence-electron chi connectivity index (χ1n) is 3.82. The first kappa shape index (κ1) is 8.41. The fourth-order valence-corrected chi connectivity index (χ4v) is 1.96. The number of anilines is 2. The molecule has 2 rings (SSSR count). The van der Waals surface area contributed by atoms with Crippen molar-refractivity contribution in [1.29, 1.82) is 0 Å². The zero-order chi connectivity index (χ0) is 9.10. The molecule has 1 aromatic carbocycles. The molecule has 1 aromatic heterocycles. The van der Waals surface area contributed by atoms with E-state index in [0.717, 1.165) is 10.4 Å². The van der Waals surface area contributed by atoms with Crippen LogP contribution in [0.1, 0.15) is 0 Å². The molecule has 0 radical (unpaired) electrons. The van der Waals surface area contributed by atoms with E-state index in [-0.39, 0.29) is 14.7 Å². The molecule has 4 nitrogen and oxygen atoms in total. The van der Waals surface area contributed by atoms with Crippen molar-refractivity contribution in [2.45, 2.75) is 0 Å². The van der Waals surface area contributed by atoms with Crippen LogP contribution in [0.5, 0.6) is 0 Å². The van der Waals surface area contributed by atoms with Crippen molar-refractivity contribution in [3.8, 4) is 0 Å². The molecular weight excluding hydrogens is 231 g/mol. The SMILES string of the molecule is CN(c1ccccc1)c1nnn[se]1. The van der Waals surface area contributed by atoms with Gasteiger partial charge in [-0.25, -0.2) is 0 Å². The Labute approximate surface area is 82.2 Å². The fourth-order valence-electron chi connectivity index (χ4n) is 1.02. The van der Waals surface area contributed by atoms with Crippen molar-refractivity contribution >= 4 is 25.1 Å². The Morgan fingerprint density at radius 1 is 1.23 bits per heavy atom. The minimum atomic E-state index is 0.0462. The van der Waals surface area contributed by atoms with Crippen LogP contribution in [0, 0.1) is 0 Å². The van der Waals surface area contributed by atoms with Gasteiger partial charge in [-0.05, 0) is 0 Å². The molecule has 0 aliphatic heterocycles. The summed E-state index contributed by atoms with van der Waals surface area (Å²) in [5.41, 5.74) is 1.12. The maximum atomic E-state index is 3.94. The normalized spacial score (nSPS) is 9.92. The molecule has 0 atom stereocenters. The third kappa shape index (κ3) is 1.76. The summed E-state index contributed by atoms with van der Waals surface area (Å²) in [6.45, 7) is 0. The predicted molar refractivity (Wildman–Crippen MR) is 51.3 cm³/mol. The van der Waals surface area contributed by atoms with E-state index in [1.54, 1.807) is 0 Å². The molecule has 2 aromatic rings. The molecule has 0 bridgehead atoms. The van der Waals surface area contributed by atoms with Gasteiger partial charge in [0.25, 0.3) is 0 Å². The average molecular weight is 239 g/mol. The van der Waals surface area contributed by atoms with Crippen molar-refractivity contribution in [1.82, 2.24) is 14.4 Å². The Bertz CT molecular complexity index is 359. The standard InChI is InChI=1S/C8H8N4Se/c1-12(8-9-10-11-13-8)7-5-3-2-4-6-7/h2-6H,1H3. The van der Waals surface area contributed by atoms with E-state index in [2.05, 4.69) is 14.4 Å². The van der Waals surface area contributed by atoms with Crippen molar-refractivity contribution in [2.75, 3.05) is 11.9 Å². The number of rotatable bonds is 2. The third-order valence-electron chi connectivity index (χ3n) is 1.72. The molecule has 5 heteroatoms. The summed E-state index contributed by atoms with van der Waals surface area (Å²) < 4.78 is 4.80. The van der Waals surface area contributed by atoms with Crippen LogP contribution in [-0.4, -0.2) is 36.2 Å². The second-order valence-corrected chi connectivity index (χ2v) is 4.03. The molecule has 0 saturated heterocycles. The van der Waals surface area contributed by atoms with Crippen molar-refractivity contribution in [2.24, 2.45) is 0 Å². The number of hydrogen-bond donors (Lipinski definition) is 0. The predicted octanol–water partition coefficient (Wildman–Crippen LogP) is 0.696. The Morgan fingerprint density at radius 3 is 2.62 bits per heavy atom. The van der Waals surface area contributed by atoms with Crippen LogP contribution >= 0.6 is 0 Å². The van der Waals surface area contributed by atoms with Crippen LogP contribution in [0.2, 0.25) is 0 Å². The van der Waals surface area contributed by atoms with Crippen molar-refractivity contribution in [3.05, 3.63) is 30.3 Å². The second kappa shape index (κ2) is 3.68. The molecule has 0 aliphatic rings. The van der Waals surface area contributed by atoms with Crippen LogP contribution in [0.25, 0.3) is 0 Å². The van der Waals surface area contributed by atoms with Gasteiger partial charge in [0.05, 0.1) is 0 Å². The van der Waals surface area contributed by atoms with Gasteiger partial charge in [0.2, 0.25) is 0 Å². The van der Waals surface area contributed by atoms with Gasteiger partial charge >= 0.3 is 81.8 Å². The Morgan fingerprint density at radius 2 is 2.00 bits per heavy atom. The zero-order valence-corrected chi connectivity index (χ0v) is 8.80. The average Bonchev–Trinajstić information content (AvgIpc) is 2.71. The molecule has 0 saturated carbocycles. The van der Waals surface area contributed by atoms with Crippen molar-refractivity contribution < 1.29 is 0 Å². The number of aromatic nitrogens is 3. The summed E-state index contributed by atoms with van der Waals surface area (Å²) >= 11 is 0.0462. The molecule has 0 aliphatic carbocycles. The van der Waals surface area contributed by atoms with Gasteiger partial charge in [0, 0.05) is 0 Å². The number of nitrogens with zero attached hydrogens (tertiary/aromatic N) is 4. The van der Waals surface area contributed by atoms with Gasteiger partial charge in [-0.1, -0.05) is 0 Å². The van der Waals surface area contributed by atoms with E-state index in [1.807, 2.05) is 42.3 Å². The molecule has 13 heavy (non-hydrogen) atoms. The first-order valence-corrected chi connectivity index (χ1v) is 5.44. The quantitative estimate of drug-likeness (QED) is 0.723. The van der Waals surface area contributed by atoms with Gasteiger partial charge in [-0.2, -0.15) is 0 Å². The Balaban J connectivity index is 2.29. The molecule has 0 amide bonds. The van der Waals surface area contributed by atoms with Gasteiger partial charge < -0.3 is 0 Å². The molecule has 1 heterocycles.